The van der Waals surface area contributed by atoms with Crippen LogP contribution < -0.4 is 0 Å². The molecule has 0 atom stereocenters. The molecule has 0 bridgehead atoms. The van der Waals surface area contributed by atoms with Crippen LogP contribution in [-0.2, 0) is 18.8 Å². The zero-order valence-corrected chi connectivity index (χ0v) is 18.2. The molecule has 12 heteroatoms. The molecule has 0 spiro atoms. The maximum absolute atomic E-state index is 13.1. The van der Waals surface area contributed by atoms with Gasteiger partial charge >= 0.3 is 12.4 Å². The molecule has 0 radical (unpaired) electrons. The number of rotatable bonds is 5. The fourth-order valence-electron chi connectivity index (χ4n) is 2.74. The summed E-state index contributed by atoms with van der Waals surface area (Å²) >= 11 is 3.62. The molecule has 3 nitrogen and oxygen atoms in total. The summed E-state index contributed by atoms with van der Waals surface area (Å²) in [6, 6.07) is 11.1. The second-order valence-electron chi connectivity index (χ2n) is 6.52. The molecule has 0 N–H and O–H groups in total. The van der Waals surface area contributed by atoms with Crippen molar-refractivity contribution in [1.29, 1.82) is 0 Å². The molecule has 4 aromatic rings. The molecular formula is C20H11F6N3S3. The van der Waals surface area contributed by atoms with Gasteiger partial charge in [-0.1, -0.05) is 41.7 Å². The Morgan fingerprint density at radius 3 is 2.09 bits per heavy atom. The molecule has 0 aliphatic carbocycles. The van der Waals surface area contributed by atoms with Gasteiger partial charge in [0, 0.05) is 17.4 Å². The van der Waals surface area contributed by atoms with Crippen LogP contribution in [0.5, 0.6) is 0 Å². The van der Waals surface area contributed by atoms with E-state index in [4.69, 9.17) is 0 Å². The first-order chi connectivity index (χ1) is 15.1. The highest BCUT2D eigenvalue weighted by atomic mass is 32.2. The molecule has 32 heavy (non-hydrogen) atoms. The minimum atomic E-state index is -4.91. The van der Waals surface area contributed by atoms with Crippen LogP contribution in [0.3, 0.4) is 0 Å². The summed E-state index contributed by atoms with van der Waals surface area (Å²) in [6.45, 7) is 0. The second kappa shape index (κ2) is 8.83. The number of aromatic nitrogens is 3. The molecule has 0 fully saturated rings. The molecule has 0 saturated carbocycles. The average molecular weight is 504 g/mol. The largest absolute Gasteiger partial charge is 0.416 e. The average Bonchev–Trinajstić information content (AvgIpc) is 3.37. The van der Waals surface area contributed by atoms with Crippen molar-refractivity contribution in [3.05, 3.63) is 75.6 Å². The summed E-state index contributed by atoms with van der Waals surface area (Å²) in [5.41, 5.74) is -1.90. The zero-order valence-electron chi connectivity index (χ0n) is 15.7. The first-order valence-electron chi connectivity index (χ1n) is 8.87. The fraction of sp³-hybridized carbons (Fsp3) is 0.150. The zero-order chi connectivity index (χ0) is 22.9. The van der Waals surface area contributed by atoms with Gasteiger partial charge in [0.2, 0.25) is 0 Å². The number of halogens is 6. The number of alkyl halides is 6. The smallest absolute Gasteiger partial charge is 0.229 e. The van der Waals surface area contributed by atoms with Gasteiger partial charge in [-0.15, -0.1) is 21.5 Å². The van der Waals surface area contributed by atoms with Crippen molar-refractivity contribution >= 4 is 34.4 Å². The second-order valence-corrected chi connectivity index (χ2v) is 9.93. The van der Waals surface area contributed by atoms with E-state index in [1.54, 1.807) is 0 Å². The standard InChI is InChI=1S/C20H11F6N3S3/c21-19(22,23)13-7-12(8-14(9-13)20(24,25)26)15-10-30-17(27-15)32-18-29-28-16(31-18)6-11-4-2-1-3-5-11/h1-5,7-10H,6H2. The topological polar surface area (TPSA) is 38.7 Å². The number of hydrogen-bond acceptors (Lipinski definition) is 6. The van der Waals surface area contributed by atoms with E-state index in [9.17, 15) is 26.3 Å². The van der Waals surface area contributed by atoms with Crippen molar-refractivity contribution < 1.29 is 26.3 Å². The monoisotopic (exact) mass is 503 g/mol. The lowest BCUT2D eigenvalue weighted by Gasteiger charge is -2.13. The predicted molar refractivity (Wildman–Crippen MR) is 111 cm³/mol. The molecule has 2 aromatic carbocycles. The Hall–Kier alpha value is -2.44. The van der Waals surface area contributed by atoms with E-state index < -0.39 is 23.5 Å². The van der Waals surface area contributed by atoms with Crippen molar-refractivity contribution in [3.63, 3.8) is 0 Å². The minimum absolute atomic E-state index is 0.0307. The lowest BCUT2D eigenvalue weighted by Crippen LogP contribution is -2.11. The Morgan fingerprint density at radius 1 is 0.812 bits per heavy atom. The van der Waals surface area contributed by atoms with Crippen LogP contribution in [0.1, 0.15) is 21.7 Å². The SMILES string of the molecule is FC(F)(F)c1cc(-c2csc(Sc3nnc(Cc4ccccc4)s3)n2)cc(C(F)(F)F)c1. The van der Waals surface area contributed by atoms with Crippen molar-refractivity contribution in [2.75, 3.05) is 0 Å². The van der Waals surface area contributed by atoms with Gasteiger partial charge in [0.05, 0.1) is 16.8 Å². The Kier molecular flexibility index (Phi) is 6.28. The summed E-state index contributed by atoms with van der Waals surface area (Å²) in [7, 11) is 0. The quantitative estimate of drug-likeness (QED) is 0.265. The van der Waals surface area contributed by atoms with Gasteiger partial charge in [0.25, 0.3) is 0 Å². The lowest BCUT2D eigenvalue weighted by atomic mass is 10.0. The summed E-state index contributed by atoms with van der Waals surface area (Å²) < 4.78 is 79.6. The van der Waals surface area contributed by atoms with Crippen LogP contribution in [0, 0.1) is 0 Å². The number of thiazole rings is 1. The highest BCUT2D eigenvalue weighted by Gasteiger charge is 2.37. The molecule has 166 valence electrons. The summed E-state index contributed by atoms with van der Waals surface area (Å²) in [5.74, 6) is 0. The van der Waals surface area contributed by atoms with Crippen molar-refractivity contribution in [3.8, 4) is 11.3 Å². The minimum Gasteiger partial charge on any atom is -0.229 e. The summed E-state index contributed by atoms with van der Waals surface area (Å²) in [6.07, 6.45) is -9.22. The Labute approximate surface area is 190 Å². The van der Waals surface area contributed by atoms with E-state index in [1.807, 2.05) is 30.3 Å². The van der Waals surface area contributed by atoms with Crippen LogP contribution in [0.2, 0.25) is 0 Å². The number of nitrogens with zero attached hydrogens (tertiary/aromatic N) is 3. The van der Waals surface area contributed by atoms with E-state index in [2.05, 4.69) is 15.2 Å². The number of benzene rings is 2. The highest BCUT2D eigenvalue weighted by molar-refractivity contribution is 8.02. The van der Waals surface area contributed by atoms with Crippen LogP contribution in [0.15, 0.2) is 62.6 Å². The van der Waals surface area contributed by atoms with E-state index in [0.29, 0.717) is 27.2 Å². The van der Waals surface area contributed by atoms with Gasteiger partial charge < -0.3 is 0 Å². The van der Waals surface area contributed by atoms with Crippen LogP contribution in [-0.4, -0.2) is 15.2 Å². The number of hydrogen-bond donors (Lipinski definition) is 0. The molecule has 0 saturated heterocycles. The molecular weight excluding hydrogens is 492 g/mol. The maximum Gasteiger partial charge on any atom is 0.416 e. The molecule has 4 rings (SSSR count). The highest BCUT2D eigenvalue weighted by Crippen LogP contribution is 2.40. The molecule has 0 aliphatic heterocycles. The predicted octanol–water partition coefficient (Wildman–Crippen LogP) is 7.44. The molecule has 0 aliphatic rings. The van der Waals surface area contributed by atoms with Crippen molar-refractivity contribution in [2.24, 2.45) is 0 Å². The molecule has 0 amide bonds. The fourth-order valence-corrected chi connectivity index (χ4v) is 5.69. The third kappa shape index (κ3) is 5.48. The van der Waals surface area contributed by atoms with E-state index in [1.165, 1.54) is 16.7 Å². The Morgan fingerprint density at radius 2 is 1.47 bits per heavy atom. The lowest BCUT2D eigenvalue weighted by molar-refractivity contribution is -0.143. The van der Waals surface area contributed by atoms with E-state index in [-0.39, 0.29) is 17.3 Å². The third-order valence-corrected chi connectivity index (χ3v) is 7.10. The third-order valence-electron chi connectivity index (χ3n) is 4.19. The van der Waals surface area contributed by atoms with E-state index in [0.717, 1.165) is 33.7 Å². The maximum atomic E-state index is 13.1. The first-order valence-corrected chi connectivity index (χ1v) is 11.4. The normalized spacial score (nSPS) is 12.3. The molecule has 2 heterocycles. The van der Waals surface area contributed by atoms with Gasteiger partial charge in [0.15, 0.2) is 8.68 Å². The van der Waals surface area contributed by atoms with E-state index >= 15 is 0 Å². The molecule has 0 unspecified atom stereocenters. The van der Waals surface area contributed by atoms with Gasteiger partial charge in [-0.3, -0.25) is 0 Å². The van der Waals surface area contributed by atoms with Crippen molar-refractivity contribution in [1.82, 2.24) is 15.2 Å². The van der Waals surface area contributed by atoms with Gasteiger partial charge in [-0.05, 0) is 35.5 Å². The summed E-state index contributed by atoms with van der Waals surface area (Å²) in [4.78, 5) is 4.20. The van der Waals surface area contributed by atoms with Gasteiger partial charge in [-0.25, -0.2) is 4.98 Å². The summed E-state index contributed by atoms with van der Waals surface area (Å²) in [5, 5.41) is 10.4. The van der Waals surface area contributed by atoms with Gasteiger partial charge in [0.1, 0.15) is 5.01 Å². The Bertz CT molecular complexity index is 1180. The molecule has 2 aromatic heterocycles. The van der Waals surface area contributed by atoms with Crippen molar-refractivity contribution in [2.45, 2.75) is 27.5 Å². The van der Waals surface area contributed by atoms with Crippen LogP contribution >= 0.6 is 34.4 Å². The van der Waals surface area contributed by atoms with Crippen LogP contribution in [0.4, 0.5) is 26.3 Å². The first kappa shape index (κ1) is 22.7. The van der Waals surface area contributed by atoms with Crippen LogP contribution in [0.25, 0.3) is 11.3 Å². The Balaban J connectivity index is 1.55. The van der Waals surface area contributed by atoms with Gasteiger partial charge in [-0.2, -0.15) is 26.3 Å².